The van der Waals surface area contributed by atoms with Gasteiger partial charge in [-0.3, -0.25) is 4.79 Å². The maximum atomic E-state index is 12.2. The number of nitrogens with zero attached hydrogens (tertiary/aromatic N) is 4. The van der Waals surface area contributed by atoms with Gasteiger partial charge in [-0.2, -0.15) is 5.10 Å². The normalized spacial score (nSPS) is 11.3. The highest BCUT2D eigenvalue weighted by molar-refractivity contribution is 7.89. The van der Waals surface area contributed by atoms with E-state index in [9.17, 15) is 13.2 Å². The average Bonchev–Trinajstić information content (AvgIpc) is 3.20. The molecule has 0 saturated heterocycles. The molecular formula is C17H18N6O3S. The van der Waals surface area contributed by atoms with Crippen LogP contribution in [0.15, 0.2) is 59.8 Å². The predicted molar refractivity (Wildman–Crippen MR) is 99.3 cm³/mol. The molecule has 0 aliphatic carbocycles. The van der Waals surface area contributed by atoms with E-state index in [1.54, 1.807) is 35.3 Å². The van der Waals surface area contributed by atoms with Gasteiger partial charge in [0.15, 0.2) is 11.6 Å². The molecule has 0 radical (unpaired) electrons. The zero-order chi connectivity index (χ0) is 19.3. The number of nitrogens with one attached hydrogen (secondary N) is 2. The van der Waals surface area contributed by atoms with Gasteiger partial charge in [-0.05, 0) is 37.3 Å². The van der Waals surface area contributed by atoms with E-state index in [4.69, 9.17) is 0 Å². The smallest absolute Gasteiger partial charge is 0.240 e. The van der Waals surface area contributed by atoms with Crippen molar-refractivity contribution in [1.29, 1.82) is 0 Å². The summed E-state index contributed by atoms with van der Waals surface area (Å²) in [6, 6.07) is 11.1. The summed E-state index contributed by atoms with van der Waals surface area (Å²) in [4.78, 5) is 11.4. The fourth-order valence-electron chi connectivity index (χ4n) is 2.27. The van der Waals surface area contributed by atoms with Crippen LogP contribution in [0.3, 0.4) is 0 Å². The molecule has 2 aromatic heterocycles. The Morgan fingerprint density at radius 3 is 2.44 bits per heavy atom. The molecule has 0 aliphatic heterocycles. The van der Waals surface area contributed by atoms with Crippen LogP contribution in [0.5, 0.6) is 0 Å². The second kappa shape index (κ2) is 8.06. The van der Waals surface area contributed by atoms with Gasteiger partial charge in [0, 0.05) is 31.0 Å². The summed E-state index contributed by atoms with van der Waals surface area (Å²) < 4.78 is 28.6. The summed E-state index contributed by atoms with van der Waals surface area (Å²) in [5.74, 6) is 0.993. The highest BCUT2D eigenvalue weighted by Crippen LogP contribution is 2.11. The minimum atomic E-state index is -3.64. The highest BCUT2D eigenvalue weighted by Gasteiger charge is 2.13. The van der Waals surface area contributed by atoms with Crippen LogP contribution in [0.4, 0.5) is 5.82 Å². The Labute approximate surface area is 156 Å². The molecule has 0 unspecified atom stereocenters. The standard InChI is InChI=1S/C17H18N6O3S/c1-13(24)14-3-5-15(6-4-14)27(25,26)20-11-10-18-16-7-8-17(22-21-16)23-12-2-9-19-23/h2-9,12,20H,10-11H2,1H3,(H,18,21). The first-order valence-electron chi connectivity index (χ1n) is 8.14. The zero-order valence-electron chi connectivity index (χ0n) is 14.5. The van der Waals surface area contributed by atoms with Gasteiger partial charge in [0.1, 0.15) is 5.82 Å². The lowest BCUT2D eigenvalue weighted by molar-refractivity contribution is 0.101. The fraction of sp³-hybridized carbons (Fsp3) is 0.176. The molecule has 3 aromatic rings. The number of sulfonamides is 1. The summed E-state index contributed by atoms with van der Waals surface area (Å²) in [6.07, 6.45) is 3.41. The number of aromatic nitrogens is 4. The van der Waals surface area contributed by atoms with Gasteiger partial charge < -0.3 is 5.32 Å². The Morgan fingerprint density at radius 1 is 1.07 bits per heavy atom. The molecular weight excluding hydrogens is 368 g/mol. The SMILES string of the molecule is CC(=O)c1ccc(S(=O)(=O)NCCNc2ccc(-n3cccn3)nn2)cc1. The third-order valence-electron chi connectivity index (χ3n) is 3.68. The van der Waals surface area contributed by atoms with Crippen LogP contribution in [0.1, 0.15) is 17.3 Å². The number of benzene rings is 1. The molecule has 0 aliphatic rings. The summed E-state index contributed by atoms with van der Waals surface area (Å²) >= 11 is 0. The molecule has 0 amide bonds. The van der Waals surface area contributed by atoms with Gasteiger partial charge in [-0.1, -0.05) is 12.1 Å². The Balaban J connectivity index is 1.51. The molecule has 0 saturated carbocycles. The number of rotatable bonds is 8. The second-order valence-corrected chi connectivity index (χ2v) is 7.40. The van der Waals surface area contributed by atoms with Crippen LogP contribution >= 0.6 is 0 Å². The van der Waals surface area contributed by atoms with Crippen molar-refractivity contribution in [3.05, 3.63) is 60.4 Å². The molecule has 10 heteroatoms. The number of carbonyl (C=O) groups excluding carboxylic acids is 1. The monoisotopic (exact) mass is 386 g/mol. The van der Waals surface area contributed by atoms with E-state index in [1.807, 2.05) is 0 Å². The number of hydrogen-bond acceptors (Lipinski definition) is 7. The molecule has 0 fully saturated rings. The van der Waals surface area contributed by atoms with E-state index in [0.29, 0.717) is 23.7 Å². The molecule has 0 spiro atoms. The molecule has 140 valence electrons. The van der Waals surface area contributed by atoms with Crippen molar-refractivity contribution in [3.8, 4) is 5.82 Å². The van der Waals surface area contributed by atoms with Crippen molar-refractivity contribution in [3.63, 3.8) is 0 Å². The number of Topliss-reactive ketones (excluding diaryl/α,β-unsaturated/α-hetero) is 1. The van der Waals surface area contributed by atoms with Gasteiger partial charge in [-0.15, -0.1) is 10.2 Å². The van der Waals surface area contributed by atoms with Crippen LogP contribution in [0.2, 0.25) is 0 Å². The molecule has 2 N–H and O–H groups in total. The lowest BCUT2D eigenvalue weighted by Gasteiger charge is -2.09. The van der Waals surface area contributed by atoms with Gasteiger partial charge in [0.25, 0.3) is 0 Å². The maximum Gasteiger partial charge on any atom is 0.240 e. The topological polar surface area (TPSA) is 119 Å². The van der Waals surface area contributed by atoms with Crippen LogP contribution < -0.4 is 10.0 Å². The number of carbonyl (C=O) groups is 1. The van der Waals surface area contributed by atoms with Gasteiger partial charge in [0.05, 0.1) is 4.90 Å². The van der Waals surface area contributed by atoms with Crippen molar-refractivity contribution >= 4 is 21.6 Å². The van der Waals surface area contributed by atoms with E-state index in [1.165, 1.54) is 31.2 Å². The Kier molecular flexibility index (Phi) is 5.57. The third-order valence-corrected chi connectivity index (χ3v) is 5.16. The zero-order valence-corrected chi connectivity index (χ0v) is 15.3. The van der Waals surface area contributed by atoms with Gasteiger partial charge >= 0.3 is 0 Å². The predicted octanol–water partition coefficient (Wildman–Crippen LogP) is 1.26. The van der Waals surface area contributed by atoms with Crippen molar-refractivity contribution in [2.45, 2.75) is 11.8 Å². The van der Waals surface area contributed by atoms with E-state index in [-0.39, 0.29) is 17.2 Å². The average molecular weight is 386 g/mol. The van der Waals surface area contributed by atoms with Crippen molar-refractivity contribution in [2.24, 2.45) is 0 Å². The molecule has 0 bridgehead atoms. The number of anilines is 1. The molecule has 27 heavy (non-hydrogen) atoms. The molecule has 1 aromatic carbocycles. The minimum Gasteiger partial charge on any atom is -0.367 e. The highest BCUT2D eigenvalue weighted by atomic mass is 32.2. The van der Waals surface area contributed by atoms with Crippen molar-refractivity contribution in [1.82, 2.24) is 24.7 Å². The Hall–Kier alpha value is -3.11. The van der Waals surface area contributed by atoms with Crippen LogP contribution in [0, 0.1) is 0 Å². The Bertz CT molecular complexity index is 1000. The number of ketones is 1. The first kappa shape index (κ1) is 18.7. The lowest BCUT2D eigenvalue weighted by Crippen LogP contribution is -2.29. The Morgan fingerprint density at radius 2 is 1.85 bits per heavy atom. The van der Waals surface area contributed by atoms with Crippen molar-refractivity contribution < 1.29 is 13.2 Å². The molecule has 2 heterocycles. The molecule has 9 nitrogen and oxygen atoms in total. The van der Waals surface area contributed by atoms with Crippen LogP contribution in [-0.2, 0) is 10.0 Å². The third kappa shape index (κ3) is 4.74. The van der Waals surface area contributed by atoms with Crippen LogP contribution in [0.25, 0.3) is 5.82 Å². The summed E-state index contributed by atoms with van der Waals surface area (Å²) in [5, 5.41) is 15.1. The summed E-state index contributed by atoms with van der Waals surface area (Å²) in [5.41, 5.74) is 0.466. The first-order valence-corrected chi connectivity index (χ1v) is 9.62. The van der Waals surface area contributed by atoms with Crippen molar-refractivity contribution in [2.75, 3.05) is 18.4 Å². The summed E-state index contributed by atoms with van der Waals surface area (Å²) in [7, 11) is -3.64. The second-order valence-electron chi connectivity index (χ2n) is 5.63. The van der Waals surface area contributed by atoms with Gasteiger partial charge in [-0.25, -0.2) is 17.8 Å². The summed E-state index contributed by atoms with van der Waals surface area (Å²) in [6.45, 7) is 1.93. The van der Waals surface area contributed by atoms with Gasteiger partial charge in [0.2, 0.25) is 10.0 Å². The first-order chi connectivity index (χ1) is 13.0. The fourth-order valence-corrected chi connectivity index (χ4v) is 3.31. The van der Waals surface area contributed by atoms with E-state index in [0.717, 1.165) is 0 Å². The van der Waals surface area contributed by atoms with E-state index >= 15 is 0 Å². The van der Waals surface area contributed by atoms with E-state index in [2.05, 4.69) is 25.3 Å². The largest absolute Gasteiger partial charge is 0.367 e. The van der Waals surface area contributed by atoms with Crippen LogP contribution in [-0.4, -0.2) is 47.3 Å². The molecule has 0 atom stereocenters. The molecule has 3 rings (SSSR count). The minimum absolute atomic E-state index is 0.107. The lowest BCUT2D eigenvalue weighted by atomic mass is 10.2. The van der Waals surface area contributed by atoms with E-state index < -0.39 is 10.0 Å². The maximum absolute atomic E-state index is 12.2. The quantitative estimate of drug-likeness (QED) is 0.442. The number of hydrogen-bond donors (Lipinski definition) is 2.